The fourth-order valence-electron chi connectivity index (χ4n) is 5.17. The predicted octanol–water partition coefficient (Wildman–Crippen LogP) is 3.07. The smallest absolute Gasteiger partial charge is 0.307 e. The van der Waals surface area contributed by atoms with E-state index < -0.39 is 0 Å². The molecule has 0 amide bonds. The molecule has 0 saturated heterocycles. The summed E-state index contributed by atoms with van der Waals surface area (Å²) in [6, 6.07) is 0. The second-order valence-corrected chi connectivity index (χ2v) is 10.3. The first-order valence-electron chi connectivity index (χ1n) is 12.2. The van der Waals surface area contributed by atoms with Crippen molar-refractivity contribution in [2.45, 2.75) is 79.2 Å². The number of hydrogen-bond donors (Lipinski definition) is 1. The summed E-state index contributed by atoms with van der Waals surface area (Å²) < 4.78 is 4.16. The molecule has 0 aromatic carbocycles. The molecule has 2 aromatic rings. The quantitative estimate of drug-likeness (QED) is 0.291. The number of aromatic nitrogens is 4. The summed E-state index contributed by atoms with van der Waals surface area (Å²) in [6.07, 6.45) is 16.7. The van der Waals surface area contributed by atoms with Crippen molar-refractivity contribution in [3.05, 3.63) is 48.1 Å². The van der Waals surface area contributed by atoms with Crippen molar-refractivity contribution in [3.8, 4) is 0 Å². The first-order valence-corrected chi connectivity index (χ1v) is 12.2. The number of imidazole rings is 1. The van der Waals surface area contributed by atoms with Crippen LogP contribution in [0.2, 0.25) is 0 Å². The van der Waals surface area contributed by atoms with E-state index in [-0.39, 0.29) is 17.0 Å². The van der Waals surface area contributed by atoms with Crippen LogP contribution in [0.1, 0.15) is 72.6 Å². The molecule has 34 heavy (non-hydrogen) atoms. The third kappa shape index (κ3) is 7.01. The Labute approximate surface area is 215 Å². The molecular formula is C27H42BrN5O. The number of halogens is 1. The predicted molar refractivity (Wildman–Crippen MR) is 136 cm³/mol. The van der Waals surface area contributed by atoms with Crippen LogP contribution in [0, 0.1) is 11.3 Å². The Morgan fingerprint density at radius 1 is 1.26 bits per heavy atom. The first kappa shape index (κ1) is 28.2. The van der Waals surface area contributed by atoms with Crippen LogP contribution in [0.3, 0.4) is 0 Å². The SMILES string of the molecule is C=C1CCCC(C)(C)[C@@H]1CC/C(C)=C/CC/C(C)=C/Cn1c[n+](C)c2ncnc(NOC)c21.[Br-]. The monoisotopic (exact) mass is 531 g/mol. The summed E-state index contributed by atoms with van der Waals surface area (Å²) in [6.45, 7) is 14.5. The molecule has 1 saturated carbocycles. The first-order chi connectivity index (χ1) is 15.7. The molecular weight excluding hydrogens is 490 g/mol. The topological polar surface area (TPSA) is 55.9 Å². The van der Waals surface area contributed by atoms with Gasteiger partial charge in [-0.2, -0.15) is 4.98 Å². The summed E-state index contributed by atoms with van der Waals surface area (Å²) in [4.78, 5) is 13.8. The van der Waals surface area contributed by atoms with E-state index in [9.17, 15) is 0 Å². The molecule has 1 fully saturated rings. The van der Waals surface area contributed by atoms with Gasteiger partial charge in [0.2, 0.25) is 5.52 Å². The second kappa shape index (κ2) is 12.6. The van der Waals surface area contributed by atoms with Crippen molar-refractivity contribution in [1.82, 2.24) is 14.5 Å². The maximum atomic E-state index is 5.09. The van der Waals surface area contributed by atoms with E-state index in [2.05, 4.69) is 72.8 Å². The van der Waals surface area contributed by atoms with Crippen LogP contribution in [0.4, 0.5) is 5.82 Å². The number of anilines is 1. The van der Waals surface area contributed by atoms with E-state index in [0.717, 1.165) is 30.6 Å². The average molecular weight is 533 g/mol. The lowest BCUT2D eigenvalue weighted by Gasteiger charge is -2.40. The van der Waals surface area contributed by atoms with Crippen LogP contribution in [0.25, 0.3) is 11.2 Å². The van der Waals surface area contributed by atoms with Gasteiger partial charge in [0.15, 0.2) is 18.5 Å². The summed E-state index contributed by atoms with van der Waals surface area (Å²) in [5, 5.41) is 0. The highest BCUT2D eigenvalue weighted by atomic mass is 79.9. The van der Waals surface area contributed by atoms with Crippen molar-refractivity contribution in [2.24, 2.45) is 18.4 Å². The van der Waals surface area contributed by atoms with Crippen LogP contribution >= 0.6 is 0 Å². The highest BCUT2D eigenvalue weighted by Crippen LogP contribution is 2.45. The van der Waals surface area contributed by atoms with Crippen molar-refractivity contribution in [2.75, 3.05) is 12.6 Å². The van der Waals surface area contributed by atoms with Gasteiger partial charge in [0.25, 0.3) is 0 Å². The number of rotatable bonds is 10. The van der Waals surface area contributed by atoms with Gasteiger partial charge < -0.3 is 17.0 Å². The van der Waals surface area contributed by atoms with Gasteiger partial charge in [0, 0.05) is 0 Å². The standard InChI is InChI=1S/C27H42N5O.BrH/c1-20(13-14-23-22(3)12-9-16-27(23,4)5)10-8-11-21(2)15-17-32-19-31(6)26-24(32)25(30-33-7)28-18-29-26;/h10,15,18-19,23H,3,8-9,11-14,16-17H2,1-2,4-7H3,(H,28,29,30);1H/q+1;/p-1/b20-10+,21-15+;/t23-;/m1./s1. The minimum absolute atomic E-state index is 0. The summed E-state index contributed by atoms with van der Waals surface area (Å²) >= 11 is 0. The normalized spacial score (nSPS) is 18.8. The van der Waals surface area contributed by atoms with E-state index in [1.54, 1.807) is 13.4 Å². The molecule has 1 aliphatic carbocycles. The van der Waals surface area contributed by atoms with Gasteiger partial charge in [-0.1, -0.05) is 54.3 Å². The van der Waals surface area contributed by atoms with Crippen LogP contribution in [0.5, 0.6) is 0 Å². The Bertz CT molecular complexity index is 1040. The molecule has 1 aliphatic rings. The van der Waals surface area contributed by atoms with E-state index in [0.29, 0.717) is 17.2 Å². The molecule has 0 aliphatic heterocycles. The Balaban J connectivity index is 0.00000408. The van der Waals surface area contributed by atoms with Gasteiger partial charge in [0.1, 0.15) is 0 Å². The molecule has 0 unspecified atom stereocenters. The van der Waals surface area contributed by atoms with Crippen LogP contribution in [0.15, 0.2) is 48.1 Å². The zero-order chi connectivity index (χ0) is 24.0. The minimum atomic E-state index is 0. The highest BCUT2D eigenvalue weighted by Gasteiger charge is 2.33. The van der Waals surface area contributed by atoms with Gasteiger partial charge in [-0.15, -0.1) is 0 Å². The lowest BCUT2D eigenvalue weighted by atomic mass is 9.65. The average Bonchev–Trinajstić information content (AvgIpc) is 3.08. The molecule has 3 rings (SSSR count). The maximum Gasteiger partial charge on any atom is 0.307 e. The number of nitrogens with zero attached hydrogens (tertiary/aromatic N) is 4. The van der Waals surface area contributed by atoms with E-state index in [4.69, 9.17) is 4.84 Å². The Hall–Kier alpha value is -1.99. The third-order valence-electron chi connectivity index (χ3n) is 7.19. The molecule has 0 spiro atoms. The molecule has 1 N–H and O–H groups in total. The fourth-order valence-corrected chi connectivity index (χ4v) is 5.17. The van der Waals surface area contributed by atoms with Crippen molar-refractivity contribution in [3.63, 3.8) is 0 Å². The molecule has 2 aromatic heterocycles. The van der Waals surface area contributed by atoms with Crippen LogP contribution < -0.4 is 27.0 Å². The number of nitrogens with one attached hydrogen (secondary N) is 1. The number of fused-ring (bicyclic) bond motifs is 1. The van der Waals surface area contributed by atoms with Gasteiger partial charge in [0.05, 0.1) is 20.7 Å². The van der Waals surface area contributed by atoms with Crippen LogP contribution in [-0.2, 0) is 18.4 Å². The Kier molecular flexibility index (Phi) is 10.5. The maximum absolute atomic E-state index is 5.09. The zero-order valence-electron chi connectivity index (χ0n) is 21.8. The molecule has 188 valence electrons. The van der Waals surface area contributed by atoms with Gasteiger partial charge in [-0.05, 0) is 70.1 Å². The molecule has 1 atom stereocenters. The Morgan fingerprint density at radius 2 is 2.00 bits per heavy atom. The lowest BCUT2D eigenvalue weighted by molar-refractivity contribution is -0.647. The third-order valence-corrected chi connectivity index (χ3v) is 7.19. The number of aryl methyl sites for hydroxylation is 1. The molecule has 7 heteroatoms. The summed E-state index contributed by atoms with van der Waals surface area (Å²) in [7, 11) is 3.59. The summed E-state index contributed by atoms with van der Waals surface area (Å²) in [5.41, 5.74) is 9.45. The van der Waals surface area contributed by atoms with Gasteiger partial charge >= 0.3 is 5.65 Å². The van der Waals surface area contributed by atoms with Crippen molar-refractivity contribution < 1.29 is 26.4 Å². The van der Waals surface area contributed by atoms with Gasteiger partial charge in [-0.3, -0.25) is 9.40 Å². The number of hydrogen-bond acceptors (Lipinski definition) is 4. The second-order valence-electron chi connectivity index (χ2n) is 10.3. The lowest BCUT2D eigenvalue weighted by Crippen LogP contribution is -3.00. The largest absolute Gasteiger partial charge is 1.00 e. The zero-order valence-corrected chi connectivity index (χ0v) is 23.4. The van der Waals surface area contributed by atoms with E-state index in [1.165, 1.54) is 48.8 Å². The molecule has 0 radical (unpaired) electrons. The van der Waals surface area contributed by atoms with Crippen LogP contribution in [-0.4, -0.2) is 21.6 Å². The van der Waals surface area contributed by atoms with Crippen molar-refractivity contribution >= 4 is 17.0 Å². The molecule has 2 heterocycles. The molecule has 0 bridgehead atoms. The van der Waals surface area contributed by atoms with E-state index >= 15 is 0 Å². The molecule has 6 nitrogen and oxygen atoms in total. The van der Waals surface area contributed by atoms with Gasteiger partial charge in [-0.25, -0.2) is 10.0 Å². The number of allylic oxidation sites excluding steroid dienone is 5. The Morgan fingerprint density at radius 3 is 2.71 bits per heavy atom. The van der Waals surface area contributed by atoms with E-state index in [1.807, 2.05) is 11.6 Å². The van der Waals surface area contributed by atoms with Crippen molar-refractivity contribution in [1.29, 1.82) is 0 Å². The fraction of sp³-hybridized carbons (Fsp3) is 0.593. The minimum Gasteiger partial charge on any atom is -1.00 e. The highest BCUT2D eigenvalue weighted by molar-refractivity contribution is 5.80. The summed E-state index contributed by atoms with van der Waals surface area (Å²) in [5.74, 6) is 1.34.